The molecule has 2 heterocycles. The molecule has 0 atom stereocenters. The van der Waals surface area contributed by atoms with Crippen molar-refractivity contribution in [2.45, 2.75) is 0 Å². The van der Waals surface area contributed by atoms with Crippen LogP contribution in [0.2, 0.25) is 10.0 Å². The van der Waals surface area contributed by atoms with Crippen molar-refractivity contribution >= 4 is 45.9 Å². The van der Waals surface area contributed by atoms with E-state index in [1.54, 1.807) is 30.3 Å². The summed E-state index contributed by atoms with van der Waals surface area (Å²) in [6.07, 6.45) is 1.64. The molecule has 4 aromatic rings. The standard InChI is InChI=1S/C20H11Cl2N3O/c21-15-5-3-4-14(19(15)22)18-9-8-13(26-18)10-12(11-23)20-24-16-6-1-2-7-17(16)25-20/h1-10H,(H,24,25). The van der Waals surface area contributed by atoms with Gasteiger partial charge in [0.1, 0.15) is 23.4 Å². The van der Waals surface area contributed by atoms with Crippen LogP contribution in [0.15, 0.2) is 59.0 Å². The average molecular weight is 380 g/mol. The van der Waals surface area contributed by atoms with Crippen molar-refractivity contribution in [3.8, 4) is 17.4 Å². The summed E-state index contributed by atoms with van der Waals surface area (Å²) in [6.45, 7) is 0. The van der Waals surface area contributed by atoms with Crippen LogP contribution in [-0.4, -0.2) is 9.97 Å². The molecule has 4 rings (SSSR count). The van der Waals surface area contributed by atoms with E-state index in [4.69, 9.17) is 27.6 Å². The number of nitriles is 1. The Hall–Kier alpha value is -3.00. The molecule has 4 nitrogen and oxygen atoms in total. The van der Waals surface area contributed by atoms with Crippen molar-refractivity contribution in [2.24, 2.45) is 0 Å². The van der Waals surface area contributed by atoms with E-state index in [0.717, 1.165) is 11.0 Å². The molecular formula is C20H11Cl2N3O. The zero-order valence-electron chi connectivity index (χ0n) is 13.3. The Morgan fingerprint density at radius 2 is 1.92 bits per heavy atom. The lowest BCUT2D eigenvalue weighted by Crippen LogP contribution is -1.84. The molecule has 0 aliphatic carbocycles. The lowest BCUT2D eigenvalue weighted by atomic mass is 10.2. The fourth-order valence-corrected chi connectivity index (χ4v) is 3.04. The number of hydrogen-bond acceptors (Lipinski definition) is 3. The molecule has 0 saturated heterocycles. The number of halogens is 2. The lowest BCUT2D eigenvalue weighted by molar-refractivity contribution is 0.572. The van der Waals surface area contributed by atoms with Gasteiger partial charge in [0, 0.05) is 11.6 Å². The van der Waals surface area contributed by atoms with E-state index in [-0.39, 0.29) is 0 Å². The van der Waals surface area contributed by atoms with Crippen molar-refractivity contribution < 1.29 is 4.42 Å². The number of para-hydroxylation sites is 2. The highest BCUT2D eigenvalue weighted by Gasteiger charge is 2.12. The zero-order chi connectivity index (χ0) is 18.1. The molecule has 0 bridgehead atoms. The van der Waals surface area contributed by atoms with Gasteiger partial charge in [0.15, 0.2) is 0 Å². The van der Waals surface area contributed by atoms with Gasteiger partial charge < -0.3 is 9.40 Å². The lowest BCUT2D eigenvalue weighted by Gasteiger charge is -2.02. The van der Waals surface area contributed by atoms with Crippen LogP contribution < -0.4 is 0 Å². The molecule has 0 aliphatic heterocycles. The van der Waals surface area contributed by atoms with E-state index >= 15 is 0 Å². The van der Waals surface area contributed by atoms with Gasteiger partial charge in [0.25, 0.3) is 0 Å². The largest absolute Gasteiger partial charge is 0.457 e. The van der Waals surface area contributed by atoms with Crippen LogP contribution in [0.1, 0.15) is 11.6 Å². The fraction of sp³-hybridized carbons (Fsp3) is 0. The Morgan fingerprint density at radius 1 is 1.08 bits per heavy atom. The van der Waals surface area contributed by atoms with Gasteiger partial charge in [-0.05, 0) is 36.4 Å². The maximum Gasteiger partial charge on any atom is 0.149 e. The number of hydrogen-bond donors (Lipinski definition) is 1. The molecule has 0 unspecified atom stereocenters. The number of rotatable bonds is 3. The Bertz CT molecular complexity index is 1150. The fourth-order valence-electron chi connectivity index (χ4n) is 2.65. The van der Waals surface area contributed by atoms with Gasteiger partial charge in [-0.15, -0.1) is 0 Å². The van der Waals surface area contributed by atoms with Gasteiger partial charge in [-0.2, -0.15) is 5.26 Å². The van der Waals surface area contributed by atoms with E-state index in [2.05, 4.69) is 16.0 Å². The second-order valence-corrected chi connectivity index (χ2v) is 6.36. The Labute approximate surface area is 159 Å². The quantitative estimate of drug-likeness (QED) is 0.431. The molecule has 0 amide bonds. The number of H-pyrrole nitrogens is 1. The van der Waals surface area contributed by atoms with Crippen LogP contribution in [0.3, 0.4) is 0 Å². The molecule has 0 aliphatic rings. The molecule has 0 fully saturated rings. The number of benzene rings is 2. The summed E-state index contributed by atoms with van der Waals surface area (Å²) >= 11 is 12.3. The first kappa shape index (κ1) is 16.5. The third-order valence-electron chi connectivity index (χ3n) is 3.90. The van der Waals surface area contributed by atoms with Crippen molar-refractivity contribution in [2.75, 3.05) is 0 Å². The molecule has 126 valence electrons. The minimum Gasteiger partial charge on any atom is -0.457 e. The first-order chi connectivity index (χ1) is 12.7. The van der Waals surface area contributed by atoms with Gasteiger partial charge >= 0.3 is 0 Å². The van der Waals surface area contributed by atoms with Crippen LogP contribution in [0.4, 0.5) is 0 Å². The highest BCUT2D eigenvalue weighted by molar-refractivity contribution is 6.43. The van der Waals surface area contributed by atoms with E-state index in [1.165, 1.54) is 0 Å². The summed E-state index contributed by atoms with van der Waals surface area (Å²) < 4.78 is 5.82. The first-order valence-electron chi connectivity index (χ1n) is 7.77. The highest BCUT2D eigenvalue weighted by atomic mass is 35.5. The van der Waals surface area contributed by atoms with Crippen molar-refractivity contribution in [3.05, 3.63) is 76.2 Å². The molecule has 2 aromatic heterocycles. The summed E-state index contributed by atoms with van der Waals surface area (Å²) in [4.78, 5) is 7.58. The second kappa shape index (κ2) is 6.72. The number of imidazole rings is 1. The maximum absolute atomic E-state index is 9.51. The molecule has 0 saturated carbocycles. The normalized spacial score (nSPS) is 11.7. The maximum atomic E-state index is 9.51. The molecule has 6 heteroatoms. The number of nitrogens with zero attached hydrogens (tertiary/aromatic N) is 2. The number of allylic oxidation sites excluding steroid dienone is 1. The van der Waals surface area contributed by atoms with E-state index in [0.29, 0.717) is 38.5 Å². The van der Waals surface area contributed by atoms with Gasteiger partial charge in [0.2, 0.25) is 0 Å². The van der Waals surface area contributed by atoms with Crippen LogP contribution in [0.5, 0.6) is 0 Å². The van der Waals surface area contributed by atoms with Crippen molar-refractivity contribution in [1.29, 1.82) is 5.26 Å². The van der Waals surface area contributed by atoms with E-state index < -0.39 is 0 Å². The van der Waals surface area contributed by atoms with Crippen LogP contribution in [-0.2, 0) is 0 Å². The molecular weight excluding hydrogens is 369 g/mol. The Morgan fingerprint density at radius 3 is 2.73 bits per heavy atom. The van der Waals surface area contributed by atoms with Gasteiger partial charge in [-0.3, -0.25) is 0 Å². The van der Waals surface area contributed by atoms with Crippen LogP contribution in [0, 0.1) is 11.3 Å². The average Bonchev–Trinajstić information content (AvgIpc) is 3.28. The summed E-state index contributed by atoms with van der Waals surface area (Å²) in [7, 11) is 0. The molecule has 0 spiro atoms. The summed E-state index contributed by atoms with van der Waals surface area (Å²) in [6, 6.07) is 18.7. The number of nitrogens with one attached hydrogen (secondary N) is 1. The molecule has 0 radical (unpaired) electrons. The van der Waals surface area contributed by atoms with Crippen LogP contribution >= 0.6 is 23.2 Å². The van der Waals surface area contributed by atoms with E-state index in [9.17, 15) is 5.26 Å². The Balaban J connectivity index is 1.72. The van der Waals surface area contributed by atoms with Crippen molar-refractivity contribution in [1.82, 2.24) is 9.97 Å². The SMILES string of the molecule is N#CC(=Cc1ccc(-c2cccc(Cl)c2Cl)o1)c1nc2ccccc2[nH]1. The topological polar surface area (TPSA) is 65.6 Å². The summed E-state index contributed by atoms with van der Waals surface area (Å²) in [5.74, 6) is 1.59. The van der Waals surface area contributed by atoms with Crippen molar-refractivity contribution in [3.63, 3.8) is 0 Å². The predicted octanol–water partition coefficient (Wildman–Crippen LogP) is 6.19. The number of furan rings is 1. The zero-order valence-corrected chi connectivity index (χ0v) is 14.8. The monoisotopic (exact) mass is 379 g/mol. The van der Waals surface area contributed by atoms with E-state index in [1.807, 2.05) is 30.3 Å². The number of aromatic nitrogens is 2. The highest BCUT2D eigenvalue weighted by Crippen LogP contribution is 2.34. The van der Waals surface area contributed by atoms with Gasteiger partial charge in [-0.1, -0.05) is 41.4 Å². The minimum atomic E-state index is 0.374. The smallest absolute Gasteiger partial charge is 0.149 e. The Kier molecular flexibility index (Phi) is 4.26. The minimum absolute atomic E-state index is 0.374. The first-order valence-corrected chi connectivity index (χ1v) is 8.52. The number of fused-ring (bicyclic) bond motifs is 1. The second-order valence-electron chi connectivity index (χ2n) is 5.58. The summed E-state index contributed by atoms with van der Waals surface area (Å²) in [5, 5.41) is 10.4. The molecule has 2 aromatic carbocycles. The predicted molar refractivity (Wildman–Crippen MR) is 104 cm³/mol. The number of aromatic amines is 1. The van der Waals surface area contributed by atoms with Gasteiger partial charge in [0.05, 0.1) is 26.7 Å². The third-order valence-corrected chi connectivity index (χ3v) is 4.71. The third kappa shape index (κ3) is 2.99. The van der Waals surface area contributed by atoms with Crippen LogP contribution in [0.25, 0.3) is 34.0 Å². The molecule has 26 heavy (non-hydrogen) atoms. The molecule has 1 N–H and O–H groups in total. The summed E-state index contributed by atoms with van der Waals surface area (Å²) in [5.41, 5.74) is 2.74. The van der Waals surface area contributed by atoms with Gasteiger partial charge in [-0.25, -0.2) is 4.98 Å².